The van der Waals surface area contributed by atoms with Gasteiger partial charge in [-0.2, -0.15) is 0 Å². The molecule has 1 N–H and O–H groups in total. The highest BCUT2D eigenvalue weighted by Gasteiger charge is 2.47. The van der Waals surface area contributed by atoms with Crippen LogP contribution in [0.3, 0.4) is 0 Å². The van der Waals surface area contributed by atoms with Crippen molar-refractivity contribution in [3.8, 4) is 11.5 Å². The number of fused-ring (bicyclic) bond motifs is 2. The van der Waals surface area contributed by atoms with Gasteiger partial charge >= 0.3 is 0 Å². The molecule has 1 fully saturated rings. The molecule has 35 heavy (non-hydrogen) atoms. The Morgan fingerprint density at radius 1 is 0.771 bits per heavy atom. The van der Waals surface area contributed by atoms with Gasteiger partial charge in [0.2, 0.25) is 0 Å². The second-order valence-electron chi connectivity index (χ2n) is 8.47. The molecule has 6 rings (SSSR count). The molecule has 1 saturated heterocycles. The highest BCUT2D eigenvalue weighted by Crippen LogP contribution is 2.44. The highest BCUT2D eigenvalue weighted by molar-refractivity contribution is 6.51. The summed E-state index contributed by atoms with van der Waals surface area (Å²) in [7, 11) is 0. The summed E-state index contributed by atoms with van der Waals surface area (Å²) in [5, 5.41) is 13.3. The minimum atomic E-state index is -0.801. The van der Waals surface area contributed by atoms with Crippen LogP contribution in [-0.2, 0) is 9.59 Å². The van der Waals surface area contributed by atoms with Crippen molar-refractivity contribution in [3.05, 3.63) is 108 Å². The number of Topliss-reactive ketones (excluding diaryl/α,β-unsaturated/α-hetero) is 1. The summed E-state index contributed by atoms with van der Waals surface area (Å²) >= 11 is 0. The van der Waals surface area contributed by atoms with Crippen LogP contribution in [0.15, 0.2) is 96.6 Å². The maximum Gasteiger partial charge on any atom is 0.300 e. The molecule has 2 aliphatic rings. The number of aliphatic hydroxyl groups is 1. The highest BCUT2D eigenvalue weighted by atomic mass is 16.6. The van der Waals surface area contributed by atoms with Crippen LogP contribution in [-0.4, -0.2) is 30.0 Å². The number of anilines is 1. The number of amides is 1. The van der Waals surface area contributed by atoms with Crippen LogP contribution < -0.4 is 14.4 Å². The predicted octanol–water partition coefficient (Wildman–Crippen LogP) is 5.24. The SMILES string of the molecule is O=C1C(=O)N(c2ccc3c(c2)OCCO3)C(c2ccccc2)/C1=C(\O)c1ccc2ccccc2c1. The van der Waals surface area contributed by atoms with Crippen molar-refractivity contribution in [2.75, 3.05) is 18.1 Å². The van der Waals surface area contributed by atoms with Crippen molar-refractivity contribution >= 4 is 33.9 Å². The molecule has 0 bridgehead atoms. The molecule has 1 amide bonds. The lowest BCUT2D eigenvalue weighted by molar-refractivity contribution is -0.132. The summed E-state index contributed by atoms with van der Waals surface area (Å²) in [5.74, 6) is -0.554. The van der Waals surface area contributed by atoms with Gasteiger partial charge in [-0.1, -0.05) is 66.7 Å². The molecule has 1 atom stereocenters. The van der Waals surface area contributed by atoms with Crippen LogP contribution in [0.1, 0.15) is 17.2 Å². The van der Waals surface area contributed by atoms with Crippen molar-refractivity contribution in [1.29, 1.82) is 0 Å². The molecule has 0 saturated carbocycles. The van der Waals surface area contributed by atoms with Crippen molar-refractivity contribution in [2.45, 2.75) is 6.04 Å². The summed E-state index contributed by atoms with van der Waals surface area (Å²) in [6.45, 7) is 0.853. The number of nitrogens with zero attached hydrogens (tertiary/aromatic N) is 1. The van der Waals surface area contributed by atoms with Gasteiger partial charge in [0.05, 0.1) is 11.6 Å². The second-order valence-corrected chi connectivity index (χ2v) is 8.47. The molecule has 1 unspecified atom stereocenters. The second kappa shape index (κ2) is 8.33. The first-order valence-electron chi connectivity index (χ1n) is 11.4. The van der Waals surface area contributed by atoms with Gasteiger partial charge in [-0.05, 0) is 34.5 Å². The predicted molar refractivity (Wildman–Crippen MR) is 133 cm³/mol. The third-order valence-electron chi connectivity index (χ3n) is 6.39. The maximum atomic E-state index is 13.4. The smallest absolute Gasteiger partial charge is 0.300 e. The normalized spacial score (nSPS) is 18.7. The zero-order valence-corrected chi connectivity index (χ0v) is 18.7. The van der Waals surface area contributed by atoms with Crippen LogP contribution in [0, 0.1) is 0 Å². The summed E-state index contributed by atoms with van der Waals surface area (Å²) in [6, 6.07) is 26.8. The number of hydrogen-bond donors (Lipinski definition) is 1. The van der Waals surface area contributed by atoms with Gasteiger partial charge in [0.1, 0.15) is 19.0 Å². The fraction of sp³-hybridized carbons (Fsp3) is 0.103. The molecule has 0 aliphatic carbocycles. The Balaban J connectivity index is 1.53. The Morgan fingerprint density at radius 3 is 2.29 bits per heavy atom. The Hall–Kier alpha value is -4.58. The van der Waals surface area contributed by atoms with Crippen molar-refractivity contribution < 1.29 is 24.2 Å². The number of ketones is 1. The van der Waals surface area contributed by atoms with Gasteiger partial charge in [-0.15, -0.1) is 0 Å². The lowest BCUT2D eigenvalue weighted by Crippen LogP contribution is -2.29. The molecule has 0 aromatic heterocycles. The Labute approximate surface area is 201 Å². The van der Waals surface area contributed by atoms with E-state index in [9.17, 15) is 14.7 Å². The zero-order valence-electron chi connectivity index (χ0n) is 18.7. The van der Waals surface area contributed by atoms with E-state index in [0.29, 0.717) is 41.5 Å². The van der Waals surface area contributed by atoms with Gasteiger partial charge in [-0.3, -0.25) is 14.5 Å². The van der Waals surface area contributed by atoms with E-state index in [4.69, 9.17) is 9.47 Å². The first-order valence-corrected chi connectivity index (χ1v) is 11.4. The Morgan fingerprint density at radius 2 is 1.49 bits per heavy atom. The van der Waals surface area contributed by atoms with E-state index in [1.807, 2.05) is 66.7 Å². The molecular weight excluding hydrogens is 442 g/mol. The van der Waals surface area contributed by atoms with Crippen LogP contribution in [0.2, 0.25) is 0 Å². The summed E-state index contributed by atoms with van der Waals surface area (Å²) in [4.78, 5) is 28.2. The average molecular weight is 463 g/mol. The molecular formula is C29H21NO5. The topological polar surface area (TPSA) is 76.1 Å². The minimum absolute atomic E-state index is 0.0476. The number of aliphatic hydroxyl groups excluding tert-OH is 1. The van der Waals surface area contributed by atoms with Crippen molar-refractivity contribution in [3.63, 3.8) is 0 Å². The van der Waals surface area contributed by atoms with Crippen molar-refractivity contribution in [2.24, 2.45) is 0 Å². The number of hydrogen-bond acceptors (Lipinski definition) is 5. The molecule has 2 aliphatic heterocycles. The maximum absolute atomic E-state index is 13.4. The summed E-state index contributed by atoms with van der Waals surface area (Å²) in [6.07, 6.45) is 0. The van der Waals surface area contributed by atoms with E-state index in [1.165, 1.54) is 4.90 Å². The zero-order chi connectivity index (χ0) is 23.9. The number of ether oxygens (including phenoxy) is 2. The number of carbonyl (C=O) groups excluding carboxylic acids is 2. The minimum Gasteiger partial charge on any atom is -0.507 e. The number of carbonyl (C=O) groups is 2. The number of benzene rings is 4. The van der Waals surface area contributed by atoms with Crippen LogP contribution >= 0.6 is 0 Å². The summed E-state index contributed by atoms with van der Waals surface area (Å²) in [5.41, 5.74) is 1.72. The quantitative estimate of drug-likeness (QED) is 0.256. The monoisotopic (exact) mass is 463 g/mol. The lowest BCUT2D eigenvalue weighted by atomic mass is 9.94. The standard InChI is InChI=1S/C29H21NO5/c31-27(21-11-10-18-6-4-5-9-20(18)16-21)25-26(19-7-2-1-3-8-19)30(29(33)28(25)32)22-12-13-23-24(17-22)35-15-14-34-23/h1-13,16-17,26,31H,14-15H2/b27-25+. The van der Waals surface area contributed by atoms with E-state index >= 15 is 0 Å². The molecule has 172 valence electrons. The molecule has 0 spiro atoms. The Kier molecular flexibility index (Phi) is 4.99. The van der Waals surface area contributed by atoms with Gasteiger partial charge in [-0.25, -0.2) is 0 Å². The van der Waals surface area contributed by atoms with E-state index in [2.05, 4.69) is 0 Å². The van der Waals surface area contributed by atoms with E-state index in [0.717, 1.165) is 10.8 Å². The first kappa shape index (κ1) is 21.0. The van der Waals surface area contributed by atoms with Gasteiger partial charge < -0.3 is 14.6 Å². The molecule has 6 heteroatoms. The number of rotatable bonds is 3. The molecule has 6 nitrogen and oxygen atoms in total. The van der Waals surface area contributed by atoms with E-state index in [1.54, 1.807) is 24.3 Å². The third kappa shape index (κ3) is 3.51. The van der Waals surface area contributed by atoms with Gasteiger partial charge in [0, 0.05) is 17.3 Å². The molecule has 2 heterocycles. The summed E-state index contributed by atoms with van der Waals surface area (Å²) < 4.78 is 11.3. The molecule has 4 aromatic rings. The average Bonchev–Trinajstić information content (AvgIpc) is 3.18. The Bertz CT molecular complexity index is 1510. The van der Waals surface area contributed by atoms with Crippen LogP contribution in [0.5, 0.6) is 11.5 Å². The molecule has 0 radical (unpaired) electrons. The lowest BCUT2D eigenvalue weighted by Gasteiger charge is -2.27. The van der Waals surface area contributed by atoms with Gasteiger partial charge in [0.25, 0.3) is 11.7 Å². The van der Waals surface area contributed by atoms with E-state index in [-0.39, 0.29) is 11.3 Å². The molecule has 4 aromatic carbocycles. The fourth-order valence-electron chi connectivity index (χ4n) is 4.72. The first-order chi connectivity index (χ1) is 17.1. The largest absolute Gasteiger partial charge is 0.507 e. The van der Waals surface area contributed by atoms with Crippen molar-refractivity contribution in [1.82, 2.24) is 0 Å². The fourth-order valence-corrected chi connectivity index (χ4v) is 4.72. The third-order valence-corrected chi connectivity index (χ3v) is 6.39. The van der Waals surface area contributed by atoms with Crippen LogP contribution in [0.4, 0.5) is 5.69 Å². The van der Waals surface area contributed by atoms with Gasteiger partial charge in [0.15, 0.2) is 11.5 Å². The van der Waals surface area contributed by atoms with E-state index < -0.39 is 17.7 Å². The van der Waals surface area contributed by atoms with Crippen LogP contribution in [0.25, 0.3) is 16.5 Å².